The first-order valence-corrected chi connectivity index (χ1v) is 4.30. The van der Waals surface area contributed by atoms with E-state index in [4.69, 9.17) is 18.0 Å². The molecule has 0 aromatic heterocycles. The molecule has 0 aromatic carbocycles. The quantitative estimate of drug-likeness (QED) is 0.560. The first-order chi connectivity index (χ1) is 5.61. The summed E-state index contributed by atoms with van der Waals surface area (Å²) in [5, 5.41) is 5.09. The van der Waals surface area contributed by atoms with Crippen molar-refractivity contribution in [2.24, 2.45) is 5.73 Å². The number of rotatable bonds is 4. The number of thiocarbonyl (C=S) groups is 1. The van der Waals surface area contributed by atoms with Crippen molar-refractivity contribution >= 4 is 23.2 Å². The second-order valence-corrected chi connectivity index (χ2v) is 2.94. The van der Waals surface area contributed by atoms with E-state index in [2.05, 4.69) is 10.6 Å². The van der Waals surface area contributed by atoms with Crippen LogP contribution in [-0.2, 0) is 0 Å². The zero-order valence-corrected chi connectivity index (χ0v) is 8.20. The molecule has 0 radical (unpaired) electrons. The molecule has 5 heteroatoms. The van der Waals surface area contributed by atoms with Crippen LogP contribution in [0.3, 0.4) is 0 Å². The average Bonchev–Trinajstić information content (AvgIpc) is 2.03. The van der Waals surface area contributed by atoms with Gasteiger partial charge in [-0.25, -0.2) is 4.79 Å². The van der Waals surface area contributed by atoms with Gasteiger partial charge in [0.1, 0.15) is 0 Å². The van der Waals surface area contributed by atoms with Gasteiger partial charge in [-0.15, -0.1) is 0 Å². The number of carbonyl (C=O) groups excluding carboxylic acids is 1. The Morgan fingerprint density at radius 3 is 2.58 bits per heavy atom. The van der Waals surface area contributed by atoms with Crippen molar-refractivity contribution in [3.05, 3.63) is 0 Å². The van der Waals surface area contributed by atoms with Crippen LogP contribution in [0, 0.1) is 0 Å². The second kappa shape index (κ2) is 5.77. The standard InChI is InChI=1S/C7H15N3OS/c1-3-4-5(6(8)12)10-7(11)9-2/h5H,3-4H2,1-2H3,(H2,8,12)(H2,9,10,11). The third-order valence-corrected chi connectivity index (χ3v) is 1.74. The van der Waals surface area contributed by atoms with E-state index in [9.17, 15) is 4.79 Å². The van der Waals surface area contributed by atoms with Crippen molar-refractivity contribution in [2.75, 3.05) is 7.05 Å². The number of nitrogens with two attached hydrogens (primary N) is 1. The fraction of sp³-hybridized carbons (Fsp3) is 0.714. The minimum Gasteiger partial charge on any atom is -0.392 e. The van der Waals surface area contributed by atoms with Gasteiger partial charge in [-0.05, 0) is 6.42 Å². The fourth-order valence-corrected chi connectivity index (χ4v) is 0.981. The van der Waals surface area contributed by atoms with E-state index in [1.807, 2.05) is 6.92 Å². The van der Waals surface area contributed by atoms with Crippen LogP contribution in [0.5, 0.6) is 0 Å². The number of hydrogen-bond acceptors (Lipinski definition) is 2. The molecule has 2 amide bonds. The first-order valence-electron chi connectivity index (χ1n) is 3.89. The van der Waals surface area contributed by atoms with Crippen LogP contribution in [0.25, 0.3) is 0 Å². The summed E-state index contributed by atoms with van der Waals surface area (Å²) in [4.78, 5) is 11.2. The molecule has 0 saturated heterocycles. The van der Waals surface area contributed by atoms with Crippen LogP contribution in [0.15, 0.2) is 0 Å². The molecule has 0 aliphatic rings. The summed E-state index contributed by atoms with van der Waals surface area (Å²) in [6.45, 7) is 2.01. The Balaban J connectivity index is 3.95. The molecule has 0 aromatic rings. The predicted molar refractivity (Wildman–Crippen MR) is 53.1 cm³/mol. The van der Waals surface area contributed by atoms with Gasteiger partial charge in [-0.3, -0.25) is 0 Å². The van der Waals surface area contributed by atoms with E-state index in [0.717, 1.165) is 12.8 Å². The van der Waals surface area contributed by atoms with Gasteiger partial charge in [-0.1, -0.05) is 25.6 Å². The van der Waals surface area contributed by atoms with Crippen molar-refractivity contribution in [3.8, 4) is 0 Å². The van der Waals surface area contributed by atoms with E-state index in [1.54, 1.807) is 7.05 Å². The van der Waals surface area contributed by atoms with Crippen LogP contribution in [0.4, 0.5) is 4.79 Å². The Morgan fingerprint density at radius 2 is 2.25 bits per heavy atom. The van der Waals surface area contributed by atoms with Crippen molar-refractivity contribution in [2.45, 2.75) is 25.8 Å². The lowest BCUT2D eigenvalue weighted by Gasteiger charge is -2.15. The summed E-state index contributed by atoms with van der Waals surface area (Å²) in [5.41, 5.74) is 5.41. The van der Waals surface area contributed by atoms with Gasteiger partial charge < -0.3 is 16.4 Å². The van der Waals surface area contributed by atoms with Gasteiger partial charge >= 0.3 is 6.03 Å². The highest BCUT2D eigenvalue weighted by atomic mass is 32.1. The highest BCUT2D eigenvalue weighted by molar-refractivity contribution is 7.80. The zero-order valence-electron chi connectivity index (χ0n) is 7.39. The maximum Gasteiger partial charge on any atom is 0.315 e. The molecule has 1 unspecified atom stereocenters. The summed E-state index contributed by atoms with van der Waals surface area (Å²) in [6.07, 6.45) is 1.72. The zero-order chi connectivity index (χ0) is 9.56. The van der Waals surface area contributed by atoms with E-state index < -0.39 is 0 Å². The molecule has 1 atom stereocenters. The van der Waals surface area contributed by atoms with Crippen LogP contribution in [0.2, 0.25) is 0 Å². The molecule has 0 spiro atoms. The Labute approximate surface area is 77.9 Å². The predicted octanol–water partition coefficient (Wildman–Crippen LogP) is 0.370. The Morgan fingerprint density at radius 1 is 1.67 bits per heavy atom. The number of urea groups is 1. The molecule has 4 nitrogen and oxygen atoms in total. The van der Waals surface area contributed by atoms with Gasteiger partial charge in [0, 0.05) is 7.05 Å². The molecular weight excluding hydrogens is 174 g/mol. The number of carbonyl (C=O) groups is 1. The molecule has 0 bridgehead atoms. The molecule has 70 valence electrons. The molecule has 0 fully saturated rings. The molecule has 0 saturated carbocycles. The van der Waals surface area contributed by atoms with Crippen LogP contribution >= 0.6 is 12.2 Å². The monoisotopic (exact) mass is 189 g/mol. The van der Waals surface area contributed by atoms with E-state index in [0.29, 0.717) is 4.99 Å². The maximum atomic E-state index is 10.9. The average molecular weight is 189 g/mol. The van der Waals surface area contributed by atoms with E-state index in [-0.39, 0.29) is 12.1 Å². The van der Waals surface area contributed by atoms with Gasteiger partial charge in [0.25, 0.3) is 0 Å². The molecule has 12 heavy (non-hydrogen) atoms. The highest BCUT2D eigenvalue weighted by Crippen LogP contribution is 1.96. The lowest BCUT2D eigenvalue weighted by Crippen LogP contribution is -2.46. The summed E-state index contributed by atoms with van der Waals surface area (Å²) in [7, 11) is 1.55. The van der Waals surface area contributed by atoms with Gasteiger partial charge in [-0.2, -0.15) is 0 Å². The van der Waals surface area contributed by atoms with E-state index >= 15 is 0 Å². The third-order valence-electron chi connectivity index (χ3n) is 1.45. The van der Waals surface area contributed by atoms with Crippen LogP contribution in [0.1, 0.15) is 19.8 Å². The maximum absolute atomic E-state index is 10.9. The number of hydrogen-bond donors (Lipinski definition) is 3. The Kier molecular flexibility index (Phi) is 5.36. The molecule has 0 rings (SSSR count). The van der Waals surface area contributed by atoms with Crippen molar-refractivity contribution in [3.63, 3.8) is 0 Å². The normalized spacial score (nSPS) is 11.8. The number of amides is 2. The van der Waals surface area contributed by atoms with Crippen LogP contribution < -0.4 is 16.4 Å². The molecule has 0 aliphatic carbocycles. The van der Waals surface area contributed by atoms with Gasteiger partial charge in [0.15, 0.2) is 0 Å². The number of nitrogens with one attached hydrogen (secondary N) is 2. The van der Waals surface area contributed by atoms with Crippen molar-refractivity contribution in [1.29, 1.82) is 0 Å². The molecule has 0 aliphatic heterocycles. The highest BCUT2D eigenvalue weighted by Gasteiger charge is 2.12. The minimum absolute atomic E-state index is 0.190. The topological polar surface area (TPSA) is 67.2 Å². The summed E-state index contributed by atoms with van der Waals surface area (Å²) in [5.74, 6) is 0. The summed E-state index contributed by atoms with van der Waals surface area (Å²) >= 11 is 4.78. The van der Waals surface area contributed by atoms with Crippen molar-refractivity contribution < 1.29 is 4.79 Å². The lowest BCUT2D eigenvalue weighted by molar-refractivity contribution is 0.241. The fourth-order valence-electron chi connectivity index (χ4n) is 0.805. The summed E-state index contributed by atoms with van der Waals surface area (Å²) < 4.78 is 0. The molecule has 0 heterocycles. The minimum atomic E-state index is -0.249. The molecule has 4 N–H and O–H groups in total. The molecular formula is C7H15N3OS. The van der Waals surface area contributed by atoms with Gasteiger partial charge in [0.2, 0.25) is 0 Å². The Bertz CT molecular complexity index is 170. The first kappa shape index (κ1) is 11.2. The largest absolute Gasteiger partial charge is 0.392 e. The van der Waals surface area contributed by atoms with Crippen LogP contribution in [-0.4, -0.2) is 24.1 Å². The smallest absolute Gasteiger partial charge is 0.315 e. The Hall–Kier alpha value is -0.840. The lowest BCUT2D eigenvalue weighted by atomic mass is 10.2. The van der Waals surface area contributed by atoms with Crippen molar-refractivity contribution in [1.82, 2.24) is 10.6 Å². The second-order valence-electron chi connectivity index (χ2n) is 2.47. The SMILES string of the molecule is CCCC(NC(=O)NC)C(N)=S. The van der Waals surface area contributed by atoms with E-state index in [1.165, 1.54) is 0 Å². The van der Waals surface area contributed by atoms with Gasteiger partial charge in [0.05, 0.1) is 11.0 Å². The third kappa shape index (κ3) is 4.12. The summed E-state index contributed by atoms with van der Waals surface area (Å²) in [6, 6.07) is -0.439.